The van der Waals surface area contributed by atoms with E-state index in [4.69, 9.17) is 11.6 Å². The van der Waals surface area contributed by atoms with Crippen LogP contribution in [0, 0.1) is 0 Å². The standard InChI is InChI=1S/C28H28ClN3O3/c29-23-13-4-2-9-20(23)18-30-26(33)24-14-6-16-31(24)28(35)25-15-7-17-32(25)27(34)22-12-5-10-19-8-1-3-11-21(19)22/h1-5,8-13,24-25H,6-7,14-18H2,(H,30,33)/t24-,25-/m1/s1. The zero-order valence-corrected chi connectivity index (χ0v) is 20.2. The highest BCUT2D eigenvalue weighted by atomic mass is 35.5. The summed E-state index contributed by atoms with van der Waals surface area (Å²) in [5.41, 5.74) is 1.44. The summed E-state index contributed by atoms with van der Waals surface area (Å²) >= 11 is 6.21. The molecule has 0 unspecified atom stereocenters. The van der Waals surface area contributed by atoms with Crippen molar-refractivity contribution in [3.63, 3.8) is 0 Å². The van der Waals surface area contributed by atoms with E-state index in [9.17, 15) is 14.4 Å². The van der Waals surface area contributed by atoms with E-state index >= 15 is 0 Å². The Morgan fingerprint density at radius 2 is 1.51 bits per heavy atom. The van der Waals surface area contributed by atoms with E-state index in [0.717, 1.165) is 29.2 Å². The number of amides is 3. The minimum atomic E-state index is -0.543. The summed E-state index contributed by atoms with van der Waals surface area (Å²) in [6, 6.07) is 19.8. The molecular weight excluding hydrogens is 462 g/mol. The molecule has 7 heteroatoms. The number of hydrogen-bond acceptors (Lipinski definition) is 3. The maximum atomic E-state index is 13.6. The van der Waals surface area contributed by atoms with Crippen molar-refractivity contribution in [3.05, 3.63) is 82.9 Å². The Kier molecular flexibility index (Phi) is 6.73. The fourth-order valence-electron chi connectivity index (χ4n) is 5.27. The zero-order chi connectivity index (χ0) is 24.4. The highest BCUT2D eigenvalue weighted by Crippen LogP contribution is 2.28. The summed E-state index contributed by atoms with van der Waals surface area (Å²) in [6.45, 7) is 1.37. The van der Waals surface area contributed by atoms with Gasteiger partial charge in [-0.3, -0.25) is 14.4 Å². The van der Waals surface area contributed by atoms with Gasteiger partial charge in [0.1, 0.15) is 12.1 Å². The Morgan fingerprint density at radius 1 is 0.829 bits per heavy atom. The first-order valence-electron chi connectivity index (χ1n) is 12.1. The van der Waals surface area contributed by atoms with Gasteiger partial charge in [-0.15, -0.1) is 0 Å². The van der Waals surface area contributed by atoms with Crippen molar-refractivity contribution in [2.75, 3.05) is 13.1 Å². The Labute approximate surface area is 209 Å². The lowest BCUT2D eigenvalue weighted by Crippen LogP contribution is -2.52. The van der Waals surface area contributed by atoms with Gasteiger partial charge in [0.2, 0.25) is 11.8 Å². The van der Waals surface area contributed by atoms with E-state index in [1.54, 1.807) is 15.9 Å². The summed E-state index contributed by atoms with van der Waals surface area (Å²) in [7, 11) is 0. The van der Waals surface area contributed by atoms with Gasteiger partial charge in [0.25, 0.3) is 5.91 Å². The number of carbonyl (C=O) groups is 3. The van der Waals surface area contributed by atoms with Gasteiger partial charge in [-0.1, -0.05) is 66.2 Å². The monoisotopic (exact) mass is 489 g/mol. The third-order valence-electron chi connectivity index (χ3n) is 7.07. The number of nitrogens with one attached hydrogen (secondary N) is 1. The number of halogens is 1. The molecule has 0 aromatic heterocycles. The summed E-state index contributed by atoms with van der Waals surface area (Å²) in [6.07, 6.45) is 2.76. The first kappa shape index (κ1) is 23.4. The molecule has 6 nitrogen and oxygen atoms in total. The maximum absolute atomic E-state index is 13.6. The molecular formula is C28H28ClN3O3. The fraction of sp³-hybridized carbons (Fsp3) is 0.321. The van der Waals surface area contributed by atoms with Crippen LogP contribution in [-0.2, 0) is 16.1 Å². The Morgan fingerprint density at radius 3 is 2.34 bits per heavy atom. The highest BCUT2D eigenvalue weighted by molar-refractivity contribution is 6.31. The van der Waals surface area contributed by atoms with Crippen LogP contribution < -0.4 is 5.32 Å². The van der Waals surface area contributed by atoms with Crippen LogP contribution in [0.15, 0.2) is 66.7 Å². The Hall–Kier alpha value is -3.38. The van der Waals surface area contributed by atoms with Gasteiger partial charge in [0.15, 0.2) is 0 Å². The minimum absolute atomic E-state index is 0.128. The molecule has 3 aromatic rings. The van der Waals surface area contributed by atoms with Gasteiger partial charge in [-0.25, -0.2) is 0 Å². The molecule has 2 fully saturated rings. The van der Waals surface area contributed by atoms with Crippen LogP contribution in [0.3, 0.4) is 0 Å². The van der Waals surface area contributed by atoms with Gasteiger partial charge in [0.05, 0.1) is 0 Å². The molecule has 1 N–H and O–H groups in total. The second kappa shape index (κ2) is 10.1. The maximum Gasteiger partial charge on any atom is 0.255 e. The molecule has 5 rings (SSSR count). The fourth-order valence-corrected chi connectivity index (χ4v) is 5.47. The molecule has 180 valence electrons. The van der Waals surface area contributed by atoms with E-state index in [2.05, 4.69) is 5.32 Å². The Bertz CT molecular complexity index is 1270. The summed E-state index contributed by atoms with van der Waals surface area (Å²) in [5.74, 6) is -0.441. The molecule has 3 aromatic carbocycles. The summed E-state index contributed by atoms with van der Waals surface area (Å²) in [5, 5.41) is 5.42. The van der Waals surface area contributed by atoms with Crippen LogP contribution in [0.25, 0.3) is 10.8 Å². The molecule has 0 spiro atoms. The van der Waals surface area contributed by atoms with Crippen molar-refractivity contribution < 1.29 is 14.4 Å². The van der Waals surface area contributed by atoms with Gasteiger partial charge in [-0.2, -0.15) is 0 Å². The Balaban J connectivity index is 1.30. The quantitative estimate of drug-likeness (QED) is 0.577. The topological polar surface area (TPSA) is 69.7 Å². The molecule has 3 amide bonds. The minimum Gasteiger partial charge on any atom is -0.350 e. The number of likely N-dealkylation sites (tertiary alicyclic amines) is 2. The van der Waals surface area contributed by atoms with Crippen LogP contribution in [0.5, 0.6) is 0 Å². The van der Waals surface area contributed by atoms with E-state index in [1.165, 1.54) is 0 Å². The van der Waals surface area contributed by atoms with Crippen LogP contribution in [0.4, 0.5) is 0 Å². The molecule has 0 saturated carbocycles. The molecule has 2 saturated heterocycles. The molecule has 35 heavy (non-hydrogen) atoms. The van der Waals surface area contributed by atoms with Gasteiger partial charge < -0.3 is 15.1 Å². The van der Waals surface area contributed by atoms with Gasteiger partial charge in [0, 0.05) is 30.2 Å². The molecule has 0 aliphatic carbocycles. The number of nitrogens with zero attached hydrogens (tertiary/aromatic N) is 2. The smallest absolute Gasteiger partial charge is 0.255 e. The zero-order valence-electron chi connectivity index (χ0n) is 19.5. The van der Waals surface area contributed by atoms with Crippen LogP contribution in [-0.4, -0.2) is 52.7 Å². The summed E-state index contributed by atoms with van der Waals surface area (Å²) in [4.78, 5) is 43.6. The molecule has 0 radical (unpaired) electrons. The lowest BCUT2D eigenvalue weighted by atomic mass is 10.0. The summed E-state index contributed by atoms with van der Waals surface area (Å²) < 4.78 is 0. The number of fused-ring (bicyclic) bond motifs is 1. The van der Waals surface area contributed by atoms with Crippen molar-refractivity contribution in [2.24, 2.45) is 0 Å². The predicted octanol–water partition coefficient (Wildman–Crippen LogP) is 4.41. The van der Waals surface area contributed by atoms with Crippen molar-refractivity contribution in [3.8, 4) is 0 Å². The second-order valence-corrected chi connectivity index (χ2v) is 9.59. The normalized spacial score (nSPS) is 19.8. The first-order valence-corrected chi connectivity index (χ1v) is 12.5. The van der Waals surface area contributed by atoms with E-state index in [0.29, 0.717) is 43.1 Å². The van der Waals surface area contributed by atoms with Crippen molar-refractivity contribution in [1.29, 1.82) is 0 Å². The molecule has 2 atom stereocenters. The molecule has 2 aliphatic heterocycles. The number of hydrogen-bond donors (Lipinski definition) is 1. The first-order chi connectivity index (χ1) is 17.0. The largest absolute Gasteiger partial charge is 0.350 e. The van der Waals surface area contributed by atoms with Gasteiger partial charge >= 0.3 is 0 Å². The second-order valence-electron chi connectivity index (χ2n) is 9.18. The highest BCUT2D eigenvalue weighted by Gasteiger charge is 2.42. The van der Waals surface area contributed by atoms with Crippen LogP contribution in [0.2, 0.25) is 5.02 Å². The van der Waals surface area contributed by atoms with Crippen molar-refractivity contribution in [2.45, 2.75) is 44.3 Å². The van der Waals surface area contributed by atoms with Crippen molar-refractivity contribution in [1.82, 2.24) is 15.1 Å². The predicted molar refractivity (Wildman–Crippen MR) is 136 cm³/mol. The van der Waals surface area contributed by atoms with Crippen LogP contribution in [0.1, 0.15) is 41.6 Å². The number of rotatable bonds is 5. The van der Waals surface area contributed by atoms with E-state index in [1.807, 2.05) is 60.7 Å². The molecule has 2 heterocycles. The molecule has 2 aliphatic rings. The van der Waals surface area contributed by atoms with Crippen LogP contribution >= 0.6 is 11.6 Å². The SMILES string of the molecule is O=C(NCc1ccccc1Cl)[C@H]1CCCN1C(=O)[C@H]1CCCN1C(=O)c1cccc2ccccc12. The lowest BCUT2D eigenvalue weighted by molar-refractivity contribution is -0.141. The molecule has 0 bridgehead atoms. The number of carbonyl (C=O) groups excluding carboxylic acids is 3. The van der Waals surface area contributed by atoms with E-state index in [-0.39, 0.29) is 17.7 Å². The average molecular weight is 490 g/mol. The lowest BCUT2D eigenvalue weighted by Gasteiger charge is -2.31. The third-order valence-corrected chi connectivity index (χ3v) is 7.44. The van der Waals surface area contributed by atoms with E-state index < -0.39 is 12.1 Å². The third kappa shape index (κ3) is 4.63. The van der Waals surface area contributed by atoms with Gasteiger partial charge in [-0.05, 0) is 54.2 Å². The number of benzene rings is 3. The van der Waals surface area contributed by atoms with Crippen molar-refractivity contribution >= 4 is 40.1 Å². The average Bonchev–Trinajstić information content (AvgIpc) is 3.57.